The summed E-state index contributed by atoms with van der Waals surface area (Å²) in [7, 11) is 0. The molecule has 0 saturated carbocycles. The second kappa shape index (κ2) is 8.24. The third kappa shape index (κ3) is 4.33. The van der Waals surface area contributed by atoms with Crippen molar-refractivity contribution in [2.75, 3.05) is 0 Å². The van der Waals surface area contributed by atoms with Gasteiger partial charge in [-0.15, -0.1) is 0 Å². The molecule has 2 N–H and O–H groups in total. The summed E-state index contributed by atoms with van der Waals surface area (Å²) < 4.78 is 0.973. The third-order valence-electron chi connectivity index (χ3n) is 4.35. The summed E-state index contributed by atoms with van der Waals surface area (Å²) in [5.41, 5.74) is 6.08. The van der Waals surface area contributed by atoms with Crippen LogP contribution in [-0.4, -0.2) is 22.2 Å². The first-order chi connectivity index (χ1) is 14.1. The van der Waals surface area contributed by atoms with Crippen molar-refractivity contribution in [2.45, 2.75) is 0 Å². The molecule has 0 saturated heterocycles. The number of rotatable bonds is 4. The smallest absolute Gasteiger partial charge is 0.272 e. The highest BCUT2D eigenvalue weighted by Gasteiger charge is 2.13. The minimum Gasteiger partial charge on any atom is -0.508 e. The van der Waals surface area contributed by atoms with Crippen LogP contribution >= 0.6 is 15.9 Å². The van der Waals surface area contributed by atoms with E-state index in [0.29, 0.717) is 16.8 Å². The van der Waals surface area contributed by atoms with E-state index in [9.17, 15) is 9.90 Å². The maximum Gasteiger partial charge on any atom is 0.272 e. The maximum atomic E-state index is 12.8. The van der Waals surface area contributed by atoms with Crippen molar-refractivity contribution in [3.05, 3.63) is 94.5 Å². The Hall–Kier alpha value is -3.51. The van der Waals surface area contributed by atoms with E-state index in [1.165, 1.54) is 6.21 Å². The number of hydrazone groups is 1. The number of aromatic nitrogens is 1. The van der Waals surface area contributed by atoms with Crippen LogP contribution in [0.4, 0.5) is 0 Å². The Kier molecular flexibility index (Phi) is 5.35. The van der Waals surface area contributed by atoms with E-state index in [2.05, 4.69) is 26.5 Å². The van der Waals surface area contributed by atoms with E-state index < -0.39 is 0 Å². The Morgan fingerprint density at radius 2 is 1.79 bits per heavy atom. The number of para-hydroxylation sites is 1. The number of amides is 1. The fourth-order valence-corrected chi connectivity index (χ4v) is 3.23. The predicted octanol–water partition coefficient (Wildman–Crippen LogP) is 5.13. The number of pyridine rings is 1. The van der Waals surface area contributed by atoms with Crippen molar-refractivity contribution in [1.29, 1.82) is 0 Å². The number of aromatic hydroxyl groups is 1. The van der Waals surface area contributed by atoms with Crippen LogP contribution in [0, 0.1) is 0 Å². The number of phenols is 1. The molecule has 0 fully saturated rings. The number of benzene rings is 3. The molecule has 3 aromatic carbocycles. The van der Waals surface area contributed by atoms with E-state index >= 15 is 0 Å². The minimum atomic E-state index is -0.335. The molecule has 1 aromatic heterocycles. The fraction of sp³-hybridized carbons (Fsp3) is 0. The summed E-state index contributed by atoms with van der Waals surface area (Å²) >= 11 is 3.43. The van der Waals surface area contributed by atoms with Crippen molar-refractivity contribution in [2.24, 2.45) is 5.10 Å². The van der Waals surface area contributed by atoms with Crippen LogP contribution in [0.5, 0.6) is 5.75 Å². The van der Waals surface area contributed by atoms with Gasteiger partial charge in [-0.2, -0.15) is 5.10 Å². The van der Waals surface area contributed by atoms with Crippen LogP contribution in [0.15, 0.2) is 88.4 Å². The number of nitrogens with zero attached hydrogens (tertiary/aromatic N) is 2. The number of hydrogen-bond acceptors (Lipinski definition) is 4. The molecular weight excluding hydrogens is 430 g/mol. The maximum absolute atomic E-state index is 12.8. The van der Waals surface area contributed by atoms with Gasteiger partial charge in [0.25, 0.3) is 5.91 Å². The number of halogens is 1. The van der Waals surface area contributed by atoms with E-state index in [-0.39, 0.29) is 11.7 Å². The van der Waals surface area contributed by atoms with Crippen LogP contribution in [0.1, 0.15) is 15.9 Å². The first kappa shape index (κ1) is 18.8. The largest absolute Gasteiger partial charge is 0.508 e. The Balaban J connectivity index is 1.68. The van der Waals surface area contributed by atoms with Gasteiger partial charge >= 0.3 is 0 Å². The molecule has 0 radical (unpaired) electrons. The van der Waals surface area contributed by atoms with Crippen LogP contribution in [-0.2, 0) is 0 Å². The number of carbonyl (C=O) groups excluding carboxylic acids is 1. The zero-order valence-electron chi connectivity index (χ0n) is 15.2. The zero-order valence-corrected chi connectivity index (χ0v) is 16.8. The van der Waals surface area contributed by atoms with Gasteiger partial charge in [0.15, 0.2) is 0 Å². The van der Waals surface area contributed by atoms with Crippen molar-refractivity contribution in [3.63, 3.8) is 0 Å². The molecule has 0 aliphatic rings. The fourth-order valence-electron chi connectivity index (χ4n) is 2.96. The first-order valence-corrected chi connectivity index (χ1v) is 9.67. The number of carbonyl (C=O) groups is 1. The summed E-state index contributed by atoms with van der Waals surface area (Å²) in [4.78, 5) is 17.5. The van der Waals surface area contributed by atoms with Gasteiger partial charge in [-0.1, -0.05) is 58.4 Å². The third-order valence-corrected chi connectivity index (χ3v) is 4.88. The number of fused-ring (bicyclic) bond motifs is 1. The summed E-state index contributed by atoms with van der Waals surface area (Å²) in [6.45, 7) is 0. The molecule has 4 aromatic rings. The van der Waals surface area contributed by atoms with Gasteiger partial charge in [0.2, 0.25) is 0 Å². The molecule has 5 nitrogen and oxygen atoms in total. The first-order valence-electron chi connectivity index (χ1n) is 8.88. The lowest BCUT2D eigenvalue weighted by Gasteiger charge is -2.09. The zero-order chi connectivity index (χ0) is 20.2. The molecular formula is C23H16BrN3O2. The SMILES string of the molecule is O=C(N/N=C/c1cccc(O)c1)c1cc(-c2ccc(Br)cc2)nc2ccccc12. The molecule has 0 spiro atoms. The van der Waals surface area contributed by atoms with Gasteiger partial charge in [0.05, 0.1) is 23.0 Å². The lowest BCUT2D eigenvalue weighted by atomic mass is 10.0. The van der Waals surface area contributed by atoms with E-state index in [1.807, 2.05) is 48.5 Å². The monoisotopic (exact) mass is 445 g/mol. The normalized spacial score (nSPS) is 11.1. The molecule has 6 heteroatoms. The molecule has 142 valence electrons. The lowest BCUT2D eigenvalue weighted by molar-refractivity contribution is 0.0956. The molecule has 4 rings (SSSR count). The standard InChI is InChI=1S/C23H16BrN3O2/c24-17-10-8-16(9-11-17)22-13-20(19-6-1-2-7-21(19)26-22)23(29)27-25-14-15-4-3-5-18(28)12-15/h1-14,28H,(H,27,29)/b25-14+. The van der Waals surface area contributed by atoms with Gasteiger partial charge in [-0.05, 0) is 42.0 Å². The summed E-state index contributed by atoms with van der Waals surface area (Å²) in [6.07, 6.45) is 1.48. The number of hydrogen-bond donors (Lipinski definition) is 2. The lowest BCUT2D eigenvalue weighted by Crippen LogP contribution is -2.18. The van der Waals surface area contributed by atoms with Gasteiger partial charge in [0.1, 0.15) is 5.75 Å². The van der Waals surface area contributed by atoms with Gasteiger partial charge in [0, 0.05) is 15.4 Å². The van der Waals surface area contributed by atoms with Crippen molar-refractivity contribution in [3.8, 4) is 17.0 Å². The molecule has 1 heterocycles. The summed E-state index contributed by atoms with van der Waals surface area (Å²) in [5.74, 6) is -0.196. The second-order valence-electron chi connectivity index (χ2n) is 6.37. The molecule has 0 unspecified atom stereocenters. The van der Waals surface area contributed by atoms with Crippen LogP contribution in [0.3, 0.4) is 0 Å². The van der Waals surface area contributed by atoms with E-state index in [1.54, 1.807) is 30.3 Å². The van der Waals surface area contributed by atoms with Crippen LogP contribution in [0.2, 0.25) is 0 Å². The molecule has 29 heavy (non-hydrogen) atoms. The Labute approximate surface area is 175 Å². The van der Waals surface area contributed by atoms with Gasteiger partial charge in [-0.3, -0.25) is 4.79 Å². The van der Waals surface area contributed by atoms with Gasteiger partial charge < -0.3 is 5.11 Å². The van der Waals surface area contributed by atoms with Crippen LogP contribution in [0.25, 0.3) is 22.2 Å². The minimum absolute atomic E-state index is 0.138. The topological polar surface area (TPSA) is 74.6 Å². The average molecular weight is 446 g/mol. The highest BCUT2D eigenvalue weighted by molar-refractivity contribution is 9.10. The van der Waals surface area contributed by atoms with E-state index in [4.69, 9.17) is 4.98 Å². The highest BCUT2D eigenvalue weighted by Crippen LogP contribution is 2.26. The Bertz CT molecular complexity index is 1220. The molecule has 0 aliphatic heterocycles. The number of nitrogens with one attached hydrogen (secondary N) is 1. The average Bonchev–Trinajstić information content (AvgIpc) is 2.73. The Morgan fingerprint density at radius 3 is 2.59 bits per heavy atom. The van der Waals surface area contributed by atoms with Crippen LogP contribution < -0.4 is 5.43 Å². The molecule has 1 amide bonds. The van der Waals surface area contributed by atoms with Crippen molar-refractivity contribution >= 4 is 39.0 Å². The van der Waals surface area contributed by atoms with Crippen molar-refractivity contribution < 1.29 is 9.90 Å². The van der Waals surface area contributed by atoms with Gasteiger partial charge in [-0.25, -0.2) is 10.4 Å². The number of phenolic OH excluding ortho intramolecular Hbond substituents is 1. The summed E-state index contributed by atoms with van der Waals surface area (Å²) in [6, 6.07) is 23.7. The molecule has 0 aliphatic carbocycles. The van der Waals surface area contributed by atoms with E-state index in [0.717, 1.165) is 20.9 Å². The summed E-state index contributed by atoms with van der Waals surface area (Å²) in [5, 5.41) is 14.3. The molecule has 0 bridgehead atoms. The predicted molar refractivity (Wildman–Crippen MR) is 118 cm³/mol. The highest BCUT2D eigenvalue weighted by atomic mass is 79.9. The molecule has 0 atom stereocenters. The van der Waals surface area contributed by atoms with Crippen molar-refractivity contribution in [1.82, 2.24) is 10.4 Å². The second-order valence-corrected chi connectivity index (χ2v) is 7.29. The Morgan fingerprint density at radius 1 is 1.00 bits per heavy atom. The quantitative estimate of drug-likeness (QED) is 0.337.